The number of aromatic nitrogens is 1. The van der Waals surface area contributed by atoms with Crippen LogP contribution in [-0.2, 0) is 27.1 Å². The van der Waals surface area contributed by atoms with Gasteiger partial charge in [0.25, 0.3) is 0 Å². The number of nitrogens with zero attached hydrogens (tertiary/aromatic N) is 2. The van der Waals surface area contributed by atoms with Crippen molar-refractivity contribution in [2.75, 3.05) is 17.3 Å². The Morgan fingerprint density at radius 2 is 1.67 bits per heavy atom. The van der Waals surface area contributed by atoms with E-state index >= 15 is 0 Å². The summed E-state index contributed by atoms with van der Waals surface area (Å²) in [5.74, 6) is -2.70. The summed E-state index contributed by atoms with van der Waals surface area (Å²) in [5.41, 5.74) is 0.0302. The van der Waals surface area contributed by atoms with Crippen molar-refractivity contribution in [3.8, 4) is 5.75 Å². The number of methoxy groups -OCH3 is 1. The number of benzene rings is 3. The second kappa shape index (κ2) is 11.0. The number of halogens is 3. The number of thiazole rings is 1. The Bertz CT molecular complexity index is 1800. The van der Waals surface area contributed by atoms with E-state index in [2.05, 4.69) is 5.32 Å². The number of nitrogens with one attached hydrogen (secondary N) is 1. The number of carbonyl (C=O) groups excluding carboxylic acids is 3. The van der Waals surface area contributed by atoms with Crippen LogP contribution in [0.5, 0.6) is 5.75 Å². The number of hydrogen-bond acceptors (Lipinski definition) is 7. The number of alkyl halides is 3. The van der Waals surface area contributed by atoms with E-state index in [1.165, 1.54) is 23.8 Å². The van der Waals surface area contributed by atoms with Gasteiger partial charge in [-0.1, -0.05) is 65.6 Å². The minimum atomic E-state index is -4.59. The molecule has 1 fully saturated rings. The summed E-state index contributed by atoms with van der Waals surface area (Å²) < 4.78 is 46.3. The zero-order chi connectivity index (χ0) is 30.5. The molecule has 1 saturated heterocycles. The van der Waals surface area contributed by atoms with Gasteiger partial charge in [0, 0.05) is 22.0 Å². The van der Waals surface area contributed by atoms with Crippen LogP contribution in [0.25, 0.3) is 0 Å². The average molecular weight is 626 g/mol. The van der Waals surface area contributed by atoms with Gasteiger partial charge in [-0.15, -0.1) is 0 Å². The standard InChI is InChI=1S/C30H22F3N3O5S2/c1-41-20-13-6-5-12-19(20)22-23-24(27(39)36(26(23)38)18-10-3-2-4-11-18)42-28-25(22)43-29(40)35(28)15-21(37)34-17-9-7-8-16(14-17)30(31,32)33/h2-14,22-24H,15H2,1H3,(H,34,37)/t22-,23?,24?/m1/s1. The molecule has 2 unspecified atom stereocenters. The van der Waals surface area contributed by atoms with Crippen LogP contribution in [-0.4, -0.2) is 34.6 Å². The van der Waals surface area contributed by atoms with Gasteiger partial charge in [-0.05, 0) is 36.4 Å². The molecule has 1 aromatic heterocycles. The highest BCUT2D eigenvalue weighted by atomic mass is 32.2. The Kier molecular flexibility index (Phi) is 7.38. The molecule has 2 aliphatic rings. The highest BCUT2D eigenvalue weighted by molar-refractivity contribution is 8.00. The maximum absolute atomic E-state index is 13.9. The Morgan fingerprint density at radius 3 is 2.40 bits per heavy atom. The van der Waals surface area contributed by atoms with Crippen LogP contribution in [0, 0.1) is 5.92 Å². The fourth-order valence-corrected chi connectivity index (χ4v) is 8.23. The van der Waals surface area contributed by atoms with Crippen LogP contribution in [0.1, 0.15) is 21.9 Å². The number of carbonyl (C=O) groups is 3. The van der Waals surface area contributed by atoms with Crippen LogP contribution in [0.15, 0.2) is 88.7 Å². The monoisotopic (exact) mass is 625 g/mol. The highest BCUT2D eigenvalue weighted by Gasteiger charge is 2.57. The molecule has 3 amide bonds. The molecule has 13 heteroatoms. The average Bonchev–Trinajstić information content (AvgIpc) is 3.43. The molecule has 0 aliphatic carbocycles. The Morgan fingerprint density at radius 1 is 0.953 bits per heavy atom. The molecule has 0 bridgehead atoms. The smallest absolute Gasteiger partial charge is 0.416 e. The van der Waals surface area contributed by atoms with Gasteiger partial charge in [-0.25, -0.2) is 4.90 Å². The molecule has 3 atom stereocenters. The summed E-state index contributed by atoms with van der Waals surface area (Å²) in [6.07, 6.45) is -4.59. The third kappa shape index (κ3) is 5.12. The molecule has 43 heavy (non-hydrogen) atoms. The summed E-state index contributed by atoms with van der Waals surface area (Å²) in [5, 5.41) is 1.87. The first-order valence-corrected chi connectivity index (χ1v) is 14.7. The number of fused-ring (bicyclic) bond motifs is 2. The van der Waals surface area contributed by atoms with E-state index in [0.29, 0.717) is 26.9 Å². The fraction of sp³-hybridized carbons (Fsp3) is 0.200. The zero-order valence-corrected chi connectivity index (χ0v) is 24.0. The molecule has 0 radical (unpaired) electrons. The molecule has 1 N–H and O–H groups in total. The lowest BCUT2D eigenvalue weighted by Gasteiger charge is -2.31. The highest BCUT2D eigenvalue weighted by Crippen LogP contribution is 2.55. The van der Waals surface area contributed by atoms with Gasteiger partial charge < -0.3 is 10.1 Å². The van der Waals surface area contributed by atoms with Crippen molar-refractivity contribution >= 4 is 52.2 Å². The van der Waals surface area contributed by atoms with Crippen molar-refractivity contribution < 1.29 is 32.3 Å². The van der Waals surface area contributed by atoms with E-state index in [0.717, 1.165) is 40.1 Å². The van der Waals surface area contributed by atoms with Crippen molar-refractivity contribution in [2.45, 2.75) is 28.9 Å². The number of anilines is 2. The second-order valence-corrected chi connectivity index (χ2v) is 12.0. The number of thioether (sulfide) groups is 1. The number of amides is 3. The maximum atomic E-state index is 13.9. The maximum Gasteiger partial charge on any atom is 0.416 e. The van der Waals surface area contributed by atoms with Gasteiger partial charge in [0.15, 0.2) is 0 Å². The first-order chi connectivity index (χ1) is 20.6. The third-order valence-corrected chi connectivity index (χ3v) is 9.92. The van der Waals surface area contributed by atoms with Crippen LogP contribution < -0.4 is 19.8 Å². The number of hydrogen-bond donors (Lipinski definition) is 1. The van der Waals surface area contributed by atoms with Gasteiger partial charge in [0.05, 0.1) is 29.3 Å². The van der Waals surface area contributed by atoms with Gasteiger partial charge >= 0.3 is 11.0 Å². The molecule has 0 spiro atoms. The van der Waals surface area contributed by atoms with Gasteiger partial charge in [-0.2, -0.15) is 13.2 Å². The largest absolute Gasteiger partial charge is 0.496 e. The predicted molar refractivity (Wildman–Crippen MR) is 156 cm³/mol. The SMILES string of the molecule is COc1ccccc1[C@H]1c2sc(=O)n(CC(=O)Nc3cccc(C(F)(F)F)c3)c2SC2C(=O)N(c3ccccc3)C(=O)C21. The third-order valence-electron chi connectivity index (χ3n) is 7.31. The summed E-state index contributed by atoms with van der Waals surface area (Å²) in [6.45, 7) is -0.505. The van der Waals surface area contributed by atoms with E-state index in [9.17, 15) is 32.3 Å². The number of rotatable bonds is 6. The normalized spacial score (nSPS) is 19.6. The minimum absolute atomic E-state index is 0.0772. The molecule has 3 heterocycles. The second-order valence-electron chi connectivity index (χ2n) is 9.88. The van der Waals surface area contributed by atoms with Gasteiger partial charge in [0.2, 0.25) is 17.7 Å². The lowest BCUT2D eigenvalue weighted by atomic mass is 9.82. The van der Waals surface area contributed by atoms with Crippen molar-refractivity contribution in [2.24, 2.45) is 5.92 Å². The van der Waals surface area contributed by atoms with Crippen LogP contribution in [0.3, 0.4) is 0 Å². The molecule has 8 nitrogen and oxygen atoms in total. The van der Waals surface area contributed by atoms with Gasteiger partial charge in [0.1, 0.15) is 17.5 Å². The Labute approximate surface area is 251 Å². The summed E-state index contributed by atoms with van der Waals surface area (Å²) in [4.78, 5) is 55.2. The summed E-state index contributed by atoms with van der Waals surface area (Å²) in [6, 6.07) is 19.8. The predicted octanol–water partition coefficient (Wildman–Crippen LogP) is 5.37. The number of para-hydroxylation sites is 2. The first kappa shape index (κ1) is 28.7. The first-order valence-electron chi connectivity index (χ1n) is 13.0. The van der Waals surface area contributed by atoms with Gasteiger partial charge in [-0.3, -0.25) is 23.7 Å². The van der Waals surface area contributed by atoms with Crippen molar-refractivity contribution in [1.82, 2.24) is 4.57 Å². The molecule has 220 valence electrons. The Hall–Kier alpha value is -4.36. The quantitative estimate of drug-likeness (QED) is 0.290. The molecule has 3 aromatic carbocycles. The topological polar surface area (TPSA) is 97.7 Å². The van der Waals surface area contributed by atoms with E-state index < -0.39 is 58.0 Å². The van der Waals surface area contributed by atoms with E-state index in [1.807, 2.05) is 0 Å². The van der Waals surface area contributed by atoms with Crippen LogP contribution in [0.4, 0.5) is 24.5 Å². The fourth-order valence-electron chi connectivity index (χ4n) is 5.46. The molecule has 2 aliphatic heterocycles. The lowest BCUT2D eigenvalue weighted by Crippen LogP contribution is -2.33. The van der Waals surface area contributed by atoms with Crippen molar-refractivity contribution in [3.63, 3.8) is 0 Å². The number of ether oxygens (including phenoxy) is 1. The van der Waals surface area contributed by atoms with Crippen LogP contribution >= 0.6 is 23.1 Å². The van der Waals surface area contributed by atoms with E-state index in [4.69, 9.17) is 4.74 Å². The Balaban J connectivity index is 1.40. The van der Waals surface area contributed by atoms with Crippen molar-refractivity contribution in [3.05, 3.63) is 105 Å². The summed E-state index contributed by atoms with van der Waals surface area (Å²) >= 11 is 1.91. The minimum Gasteiger partial charge on any atom is -0.496 e. The summed E-state index contributed by atoms with van der Waals surface area (Å²) in [7, 11) is 1.48. The van der Waals surface area contributed by atoms with Crippen LogP contribution in [0.2, 0.25) is 0 Å². The molecule has 4 aromatic rings. The molecular formula is C30H22F3N3O5S2. The van der Waals surface area contributed by atoms with Crippen molar-refractivity contribution in [1.29, 1.82) is 0 Å². The lowest BCUT2D eigenvalue weighted by molar-refractivity contribution is -0.137. The van der Waals surface area contributed by atoms with E-state index in [1.54, 1.807) is 54.6 Å². The molecule has 6 rings (SSSR count). The van der Waals surface area contributed by atoms with E-state index in [-0.39, 0.29) is 5.69 Å². The zero-order valence-electron chi connectivity index (χ0n) is 22.3. The molecular weight excluding hydrogens is 603 g/mol. The molecule has 0 saturated carbocycles. The number of imide groups is 1.